The molecule has 3 aromatic rings. The second-order valence-electron chi connectivity index (χ2n) is 8.84. The summed E-state index contributed by atoms with van der Waals surface area (Å²) in [5.74, 6) is 0. The Morgan fingerprint density at radius 1 is 1.06 bits per heavy atom. The molecule has 1 saturated heterocycles. The van der Waals surface area contributed by atoms with Crippen LogP contribution in [0.1, 0.15) is 11.8 Å². The first-order valence-electron chi connectivity index (χ1n) is 11.9. The number of piperazine rings is 1. The molecule has 0 atom stereocenters. The number of likely N-dealkylation sites (N-methyl/N-ethyl adjacent to an activating group) is 1. The van der Waals surface area contributed by atoms with Crippen LogP contribution < -0.4 is 5.73 Å². The van der Waals surface area contributed by atoms with Crippen molar-refractivity contribution in [1.82, 2.24) is 9.80 Å². The van der Waals surface area contributed by atoms with E-state index in [-0.39, 0.29) is 0 Å². The zero-order valence-electron chi connectivity index (χ0n) is 20.5. The molecule has 9 heteroatoms. The van der Waals surface area contributed by atoms with Gasteiger partial charge in [0.2, 0.25) is 0 Å². The van der Waals surface area contributed by atoms with Crippen LogP contribution in [0.5, 0.6) is 0 Å². The molecule has 2 heterocycles. The van der Waals surface area contributed by atoms with Crippen LogP contribution in [-0.4, -0.2) is 69.5 Å². The third-order valence-electron chi connectivity index (χ3n) is 6.14. The molecule has 6 nitrogen and oxygen atoms in total. The standard InChI is InChI=1S/C27H31ClN4O2S2/c1-3-31-13-15-32(16-14-31)19-21(29)18-25(30-24-10-5-4-9-23(24)28)27-12-11-26(35-27)20-7-6-8-22(17-20)36(2,33)34/h4-12,17-18H,3,13-16,19,29H2,1-2H3. The maximum Gasteiger partial charge on any atom is 0.175 e. The Balaban J connectivity index is 1.65. The molecule has 2 aromatic carbocycles. The van der Waals surface area contributed by atoms with Gasteiger partial charge in [0.15, 0.2) is 9.84 Å². The monoisotopic (exact) mass is 542 g/mol. The van der Waals surface area contributed by atoms with Crippen LogP contribution in [0.15, 0.2) is 82.3 Å². The molecule has 0 spiro atoms. The molecule has 0 radical (unpaired) electrons. The summed E-state index contributed by atoms with van der Waals surface area (Å²) in [5, 5.41) is 0.565. The number of allylic oxidation sites excluding steroid dienone is 1. The van der Waals surface area contributed by atoms with E-state index in [1.165, 1.54) is 6.26 Å². The number of aliphatic imine (C=N–C) groups is 1. The number of hydrogen-bond acceptors (Lipinski definition) is 7. The predicted molar refractivity (Wildman–Crippen MR) is 151 cm³/mol. The van der Waals surface area contributed by atoms with Gasteiger partial charge in [-0.2, -0.15) is 0 Å². The molecule has 0 unspecified atom stereocenters. The van der Waals surface area contributed by atoms with E-state index in [0.29, 0.717) is 22.2 Å². The molecular weight excluding hydrogens is 512 g/mol. The Kier molecular flexibility index (Phi) is 8.64. The SMILES string of the molecule is CCN1CCN(CC(N)=CC(=Nc2ccccc2Cl)c2ccc(-c3cccc(S(C)(=O)=O)c3)s2)CC1. The van der Waals surface area contributed by atoms with Crippen molar-refractivity contribution in [3.05, 3.63) is 82.3 Å². The van der Waals surface area contributed by atoms with Crippen LogP contribution in [-0.2, 0) is 9.84 Å². The Bertz CT molecular complexity index is 1370. The van der Waals surface area contributed by atoms with Gasteiger partial charge in [0.05, 0.1) is 26.2 Å². The fourth-order valence-corrected chi connectivity index (χ4v) is 5.89. The van der Waals surface area contributed by atoms with Gasteiger partial charge in [-0.3, -0.25) is 4.90 Å². The number of sulfone groups is 1. The Labute approximate surface area is 222 Å². The van der Waals surface area contributed by atoms with Gasteiger partial charge >= 0.3 is 0 Å². The number of rotatable bonds is 8. The summed E-state index contributed by atoms with van der Waals surface area (Å²) in [7, 11) is -3.29. The highest BCUT2D eigenvalue weighted by molar-refractivity contribution is 7.90. The zero-order valence-corrected chi connectivity index (χ0v) is 22.9. The normalized spacial score (nSPS) is 16.4. The van der Waals surface area contributed by atoms with Crippen LogP contribution in [0.2, 0.25) is 5.02 Å². The highest BCUT2D eigenvalue weighted by atomic mass is 35.5. The largest absolute Gasteiger partial charge is 0.401 e. The average Bonchev–Trinajstić information content (AvgIpc) is 3.35. The van der Waals surface area contributed by atoms with E-state index in [4.69, 9.17) is 22.3 Å². The number of hydrogen-bond donors (Lipinski definition) is 1. The Hall–Kier alpha value is -2.49. The molecule has 1 aliphatic heterocycles. The van der Waals surface area contributed by atoms with Crippen molar-refractivity contribution in [2.24, 2.45) is 10.7 Å². The molecule has 0 saturated carbocycles. The molecule has 4 rings (SSSR count). The lowest BCUT2D eigenvalue weighted by atomic mass is 10.2. The molecule has 0 amide bonds. The van der Waals surface area contributed by atoms with Gasteiger partial charge < -0.3 is 10.6 Å². The molecule has 1 aliphatic rings. The Morgan fingerprint density at radius 2 is 1.78 bits per heavy atom. The van der Waals surface area contributed by atoms with E-state index in [2.05, 4.69) is 16.7 Å². The summed E-state index contributed by atoms with van der Waals surface area (Å²) in [5.41, 5.74) is 9.49. The summed E-state index contributed by atoms with van der Waals surface area (Å²) in [6.07, 6.45) is 3.15. The highest BCUT2D eigenvalue weighted by Crippen LogP contribution is 2.32. The van der Waals surface area contributed by atoms with Crippen molar-refractivity contribution in [1.29, 1.82) is 0 Å². The number of nitrogens with zero attached hydrogens (tertiary/aromatic N) is 3. The van der Waals surface area contributed by atoms with Crippen molar-refractivity contribution < 1.29 is 8.42 Å². The van der Waals surface area contributed by atoms with Gasteiger partial charge in [-0.25, -0.2) is 13.4 Å². The van der Waals surface area contributed by atoms with E-state index in [1.807, 2.05) is 48.5 Å². The molecule has 1 aromatic heterocycles. The summed E-state index contributed by atoms with van der Waals surface area (Å²) in [6.45, 7) is 8.00. The number of nitrogens with two attached hydrogens (primary N) is 1. The summed E-state index contributed by atoms with van der Waals surface area (Å²) in [6, 6.07) is 18.4. The van der Waals surface area contributed by atoms with Gasteiger partial charge in [0, 0.05) is 49.6 Å². The lowest BCUT2D eigenvalue weighted by Crippen LogP contribution is -2.47. The van der Waals surface area contributed by atoms with E-state index >= 15 is 0 Å². The predicted octanol–water partition coefficient (Wildman–Crippen LogP) is 5.07. The van der Waals surface area contributed by atoms with Crippen LogP contribution in [0.3, 0.4) is 0 Å². The lowest BCUT2D eigenvalue weighted by Gasteiger charge is -2.34. The lowest BCUT2D eigenvalue weighted by molar-refractivity contribution is 0.145. The summed E-state index contributed by atoms with van der Waals surface area (Å²) in [4.78, 5) is 11.8. The molecule has 0 bridgehead atoms. The van der Waals surface area contributed by atoms with Crippen LogP contribution in [0.4, 0.5) is 5.69 Å². The second-order valence-corrected chi connectivity index (χ2v) is 12.3. The summed E-state index contributed by atoms with van der Waals surface area (Å²) < 4.78 is 24.1. The van der Waals surface area contributed by atoms with Crippen molar-refractivity contribution in [3.63, 3.8) is 0 Å². The van der Waals surface area contributed by atoms with Crippen molar-refractivity contribution in [3.8, 4) is 10.4 Å². The van der Waals surface area contributed by atoms with Crippen molar-refractivity contribution in [2.45, 2.75) is 11.8 Å². The Morgan fingerprint density at radius 3 is 2.47 bits per heavy atom. The quantitative estimate of drug-likeness (QED) is 0.402. The molecular formula is C27H31ClN4O2S2. The maximum absolute atomic E-state index is 12.0. The fourth-order valence-electron chi connectivity index (χ4n) is 4.08. The van der Waals surface area contributed by atoms with Gasteiger partial charge in [-0.15, -0.1) is 11.3 Å². The number of halogens is 1. The molecule has 190 valence electrons. The van der Waals surface area contributed by atoms with Crippen molar-refractivity contribution in [2.75, 3.05) is 45.5 Å². The van der Waals surface area contributed by atoms with Crippen molar-refractivity contribution >= 4 is 44.2 Å². The van der Waals surface area contributed by atoms with E-state index in [0.717, 1.165) is 59.5 Å². The number of para-hydroxylation sites is 1. The van der Waals surface area contributed by atoms with Crippen LogP contribution >= 0.6 is 22.9 Å². The molecule has 36 heavy (non-hydrogen) atoms. The van der Waals surface area contributed by atoms with Crippen LogP contribution in [0.25, 0.3) is 10.4 Å². The van der Waals surface area contributed by atoms with Gasteiger partial charge in [-0.05, 0) is 54.6 Å². The molecule has 0 aliphatic carbocycles. The van der Waals surface area contributed by atoms with Gasteiger partial charge in [0.25, 0.3) is 0 Å². The minimum absolute atomic E-state index is 0.298. The maximum atomic E-state index is 12.0. The first-order valence-corrected chi connectivity index (χ1v) is 15.0. The van der Waals surface area contributed by atoms with E-state index in [1.54, 1.807) is 29.5 Å². The minimum atomic E-state index is -3.29. The van der Waals surface area contributed by atoms with E-state index < -0.39 is 9.84 Å². The minimum Gasteiger partial charge on any atom is -0.401 e. The fraction of sp³-hybridized carbons (Fsp3) is 0.296. The van der Waals surface area contributed by atoms with Gasteiger partial charge in [-0.1, -0.05) is 42.8 Å². The third kappa shape index (κ3) is 6.83. The number of benzene rings is 2. The highest BCUT2D eigenvalue weighted by Gasteiger charge is 2.17. The first-order chi connectivity index (χ1) is 17.2. The molecule has 2 N–H and O–H groups in total. The molecule has 1 fully saturated rings. The van der Waals surface area contributed by atoms with Gasteiger partial charge in [0.1, 0.15) is 0 Å². The topological polar surface area (TPSA) is 79.0 Å². The zero-order chi connectivity index (χ0) is 25.7. The second kappa shape index (κ2) is 11.7. The number of thiophene rings is 1. The van der Waals surface area contributed by atoms with E-state index in [9.17, 15) is 8.42 Å². The summed E-state index contributed by atoms with van der Waals surface area (Å²) >= 11 is 7.95. The van der Waals surface area contributed by atoms with Crippen LogP contribution in [0, 0.1) is 0 Å². The third-order valence-corrected chi connectivity index (χ3v) is 8.73. The smallest absolute Gasteiger partial charge is 0.175 e. The average molecular weight is 543 g/mol. The first kappa shape index (κ1) is 26.6.